The molecule has 0 fully saturated rings. The van der Waals surface area contributed by atoms with Gasteiger partial charge in [0, 0.05) is 11.0 Å². The van der Waals surface area contributed by atoms with E-state index in [4.69, 9.17) is 23.2 Å². The molecule has 0 bridgehead atoms. The Kier molecular flexibility index (Phi) is 5.27. The van der Waals surface area contributed by atoms with Gasteiger partial charge in [0.2, 0.25) is 10.0 Å². The Morgan fingerprint density at radius 1 is 1.10 bits per heavy atom. The minimum Gasteiger partial charge on any atom is -0.207 e. The largest absolute Gasteiger partial charge is 0.242 e. The van der Waals surface area contributed by atoms with Gasteiger partial charge >= 0.3 is 0 Å². The van der Waals surface area contributed by atoms with Gasteiger partial charge in [-0.15, -0.1) is 0 Å². The Morgan fingerprint density at radius 2 is 1.81 bits per heavy atom. The minimum absolute atomic E-state index is 0.0191. The second-order valence-electron chi connectivity index (χ2n) is 4.15. The highest BCUT2D eigenvalue weighted by molar-refractivity contribution is 9.10. The molecule has 8 heteroatoms. The lowest BCUT2D eigenvalue weighted by Crippen LogP contribution is -2.23. The van der Waals surface area contributed by atoms with Crippen molar-refractivity contribution in [2.75, 3.05) is 0 Å². The van der Waals surface area contributed by atoms with E-state index in [1.807, 2.05) is 0 Å². The highest BCUT2D eigenvalue weighted by Crippen LogP contribution is 2.25. The van der Waals surface area contributed by atoms with Gasteiger partial charge in [0.05, 0.1) is 10.0 Å². The van der Waals surface area contributed by atoms with Gasteiger partial charge in [-0.1, -0.05) is 45.2 Å². The summed E-state index contributed by atoms with van der Waals surface area (Å²) in [5, 5.41) is 0.0439. The number of halogens is 4. The first-order valence-electron chi connectivity index (χ1n) is 5.68. The van der Waals surface area contributed by atoms with E-state index < -0.39 is 15.8 Å². The molecule has 0 spiro atoms. The quantitative estimate of drug-likeness (QED) is 0.810. The summed E-state index contributed by atoms with van der Waals surface area (Å²) in [4.78, 5) is -0.0272. The van der Waals surface area contributed by atoms with Gasteiger partial charge < -0.3 is 0 Å². The first kappa shape index (κ1) is 16.7. The predicted octanol–water partition coefficient (Wildman–Crippen LogP) is 4.37. The molecule has 0 amide bonds. The Hall–Kier alpha value is -0.660. The van der Waals surface area contributed by atoms with E-state index in [-0.39, 0.29) is 21.5 Å². The van der Waals surface area contributed by atoms with Crippen LogP contribution in [0.5, 0.6) is 0 Å². The van der Waals surface area contributed by atoms with E-state index in [0.717, 1.165) is 0 Å². The Labute approximate surface area is 140 Å². The van der Waals surface area contributed by atoms with E-state index in [1.54, 1.807) is 6.07 Å². The summed E-state index contributed by atoms with van der Waals surface area (Å²) in [6, 6.07) is 8.46. The molecule has 0 saturated carbocycles. The molecule has 21 heavy (non-hydrogen) atoms. The van der Waals surface area contributed by atoms with Crippen molar-refractivity contribution in [2.45, 2.75) is 11.4 Å². The van der Waals surface area contributed by atoms with Crippen LogP contribution in [0.3, 0.4) is 0 Å². The third-order valence-electron chi connectivity index (χ3n) is 2.63. The van der Waals surface area contributed by atoms with Gasteiger partial charge in [0.15, 0.2) is 0 Å². The van der Waals surface area contributed by atoms with Crippen molar-refractivity contribution >= 4 is 49.2 Å². The molecule has 0 aliphatic carbocycles. The number of rotatable bonds is 4. The summed E-state index contributed by atoms with van der Waals surface area (Å²) in [5.41, 5.74) is 0.540. The molecule has 0 aromatic heterocycles. The van der Waals surface area contributed by atoms with Crippen LogP contribution in [0.4, 0.5) is 4.39 Å². The van der Waals surface area contributed by atoms with Crippen molar-refractivity contribution < 1.29 is 12.8 Å². The van der Waals surface area contributed by atoms with Crippen LogP contribution in [0.2, 0.25) is 10.0 Å². The van der Waals surface area contributed by atoms with Crippen LogP contribution in [-0.2, 0) is 16.6 Å². The summed E-state index contributed by atoms with van der Waals surface area (Å²) in [7, 11) is -3.77. The predicted molar refractivity (Wildman–Crippen MR) is 84.6 cm³/mol. The summed E-state index contributed by atoms with van der Waals surface area (Å²) in [5.74, 6) is -0.556. The number of hydrogen-bond donors (Lipinski definition) is 1. The van der Waals surface area contributed by atoms with Crippen molar-refractivity contribution in [3.05, 3.63) is 62.3 Å². The summed E-state index contributed by atoms with van der Waals surface area (Å²) < 4.78 is 40.4. The Morgan fingerprint density at radius 3 is 2.43 bits per heavy atom. The maximum atomic E-state index is 13.0. The molecular formula is C13H9BrCl2FNO2S. The summed E-state index contributed by atoms with van der Waals surface area (Å²) in [6.45, 7) is -0.0191. The molecule has 0 aliphatic heterocycles. The zero-order valence-electron chi connectivity index (χ0n) is 10.4. The van der Waals surface area contributed by atoms with Gasteiger partial charge in [0.1, 0.15) is 10.7 Å². The van der Waals surface area contributed by atoms with Crippen LogP contribution in [-0.4, -0.2) is 8.42 Å². The minimum atomic E-state index is -3.77. The lowest BCUT2D eigenvalue weighted by atomic mass is 10.2. The molecule has 0 radical (unpaired) electrons. The number of sulfonamides is 1. The van der Waals surface area contributed by atoms with Crippen molar-refractivity contribution in [1.29, 1.82) is 0 Å². The summed E-state index contributed by atoms with van der Waals surface area (Å²) in [6.07, 6.45) is 0. The van der Waals surface area contributed by atoms with Crippen LogP contribution in [0.15, 0.2) is 45.8 Å². The Balaban J connectivity index is 2.19. The van der Waals surface area contributed by atoms with Gasteiger partial charge in [-0.3, -0.25) is 0 Å². The maximum Gasteiger partial charge on any atom is 0.242 e. The van der Waals surface area contributed by atoms with Crippen molar-refractivity contribution in [1.82, 2.24) is 4.72 Å². The average Bonchev–Trinajstić information content (AvgIpc) is 2.40. The molecule has 3 nitrogen and oxygen atoms in total. The highest BCUT2D eigenvalue weighted by atomic mass is 79.9. The third kappa shape index (κ3) is 4.17. The molecule has 2 aromatic carbocycles. The van der Waals surface area contributed by atoms with E-state index in [1.165, 1.54) is 30.3 Å². The van der Waals surface area contributed by atoms with E-state index >= 15 is 0 Å². The zero-order valence-corrected chi connectivity index (χ0v) is 14.3. The smallest absolute Gasteiger partial charge is 0.207 e. The fraction of sp³-hybridized carbons (Fsp3) is 0.0769. The maximum absolute atomic E-state index is 13.0. The first-order chi connectivity index (χ1) is 9.79. The van der Waals surface area contributed by atoms with E-state index in [0.29, 0.717) is 10.0 Å². The fourth-order valence-electron chi connectivity index (χ4n) is 1.60. The molecule has 0 unspecified atom stereocenters. The standard InChI is InChI=1S/C13H9BrCl2FNO2S/c14-9-2-4-13(11(16)6-9)21(19,20)18-7-8-1-3-12(17)10(15)5-8/h1-6,18H,7H2. The van der Waals surface area contributed by atoms with Crippen molar-refractivity contribution in [2.24, 2.45) is 0 Å². The van der Waals surface area contributed by atoms with Gasteiger partial charge in [-0.25, -0.2) is 17.5 Å². The molecule has 0 heterocycles. The molecule has 0 aliphatic rings. The number of hydrogen-bond acceptors (Lipinski definition) is 2. The molecule has 112 valence electrons. The van der Waals surface area contributed by atoms with Crippen LogP contribution in [0.25, 0.3) is 0 Å². The lowest BCUT2D eigenvalue weighted by Gasteiger charge is -2.09. The monoisotopic (exact) mass is 411 g/mol. The molecular weight excluding hydrogens is 404 g/mol. The number of nitrogens with one attached hydrogen (secondary N) is 1. The molecule has 1 N–H and O–H groups in total. The molecule has 2 aromatic rings. The SMILES string of the molecule is O=S(=O)(NCc1ccc(F)c(Cl)c1)c1ccc(Br)cc1Cl. The van der Waals surface area contributed by atoms with Crippen LogP contribution < -0.4 is 4.72 Å². The second kappa shape index (κ2) is 6.62. The van der Waals surface area contributed by atoms with Gasteiger partial charge in [-0.05, 0) is 35.9 Å². The van der Waals surface area contributed by atoms with Crippen molar-refractivity contribution in [3.8, 4) is 0 Å². The number of benzene rings is 2. The average molecular weight is 413 g/mol. The van der Waals surface area contributed by atoms with Gasteiger partial charge in [0.25, 0.3) is 0 Å². The molecule has 0 saturated heterocycles. The molecule has 0 atom stereocenters. The summed E-state index contributed by atoms with van der Waals surface area (Å²) >= 11 is 14.8. The van der Waals surface area contributed by atoms with Gasteiger partial charge in [-0.2, -0.15) is 0 Å². The second-order valence-corrected chi connectivity index (χ2v) is 7.61. The topological polar surface area (TPSA) is 46.2 Å². The third-order valence-corrected chi connectivity index (χ3v) is 5.30. The lowest BCUT2D eigenvalue weighted by molar-refractivity contribution is 0.581. The van der Waals surface area contributed by atoms with E-state index in [9.17, 15) is 12.8 Å². The molecule has 2 rings (SSSR count). The van der Waals surface area contributed by atoms with Crippen LogP contribution in [0.1, 0.15) is 5.56 Å². The van der Waals surface area contributed by atoms with Crippen LogP contribution >= 0.6 is 39.1 Å². The first-order valence-corrected chi connectivity index (χ1v) is 8.71. The fourth-order valence-corrected chi connectivity index (χ4v) is 3.86. The zero-order chi connectivity index (χ0) is 15.6. The van der Waals surface area contributed by atoms with Crippen molar-refractivity contribution in [3.63, 3.8) is 0 Å². The normalized spacial score (nSPS) is 11.6. The van der Waals surface area contributed by atoms with E-state index in [2.05, 4.69) is 20.7 Å². The van der Waals surface area contributed by atoms with Crippen LogP contribution in [0, 0.1) is 5.82 Å². The highest BCUT2D eigenvalue weighted by Gasteiger charge is 2.17. The Bertz CT molecular complexity index is 784.